The lowest BCUT2D eigenvalue weighted by Gasteiger charge is -2.27. The molecule has 2 heterocycles. The van der Waals surface area contributed by atoms with E-state index in [4.69, 9.17) is 4.42 Å². The Bertz CT molecular complexity index is 1100. The average Bonchev–Trinajstić information content (AvgIpc) is 3.36. The fourth-order valence-electron chi connectivity index (χ4n) is 3.95. The summed E-state index contributed by atoms with van der Waals surface area (Å²) in [4.78, 5) is 23.1. The lowest BCUT2D eigenvalue weighted by atomic mass is 10.2. The zero-order valence-corrected chi connectivity index (χ0v) is 24.1. The van der Waals surface area contributed by atoms with Crippen LogP contribution in [0.3, 0.4) is 0 Å². The molecule has 39 heavy (non-hydrogen) atoms. The normalized spacial score (nSPS) is 11.2. The summed E-state index contributed by atoms with van der Waals surface area (Å²) in [5.41, 5.74) is 1.04. The number of carbonyl (C=O) groups excluding carboxylic acids is 1. The number of aromatic nitrogens is 1. The molecule has 0 radical (unpaired) electrons. The summed E-state index contributed by atoms with van der Waals surface area (Å²) in [7, 11) is 6.11. The van der Waals surface area contributed by atoms with E-state index in [2.05, 4.69) is 37.4 Å². The summed E-state index contributed by atoms with van der Waals surface area (Å²) in [5.74, 6) is 4.21. The first-order valence-electron chi connectivity index (χ1n) is 13.3. The Morgan fingerprint density at radius 2 is 1.69 bits per heavy atom. The standard InChI is InChI=1S/C29H41FN6O2S/c1-34(2)22-26-12-13-27(38-26)23-39-20-16-33-29(37)32-15-6-17-35(3)18-19-36(28-7-4-5-14-31-28)21-24-8-10-25(30)11-9-24/h4-5,7-14H,6,15-23H2,1-3H3,(H2,32,33,37). The van der Waals surface area contributed by atoms with Crippen molar-refractivity contribution >= 4 is 23.6 Å². The van der Waals surface area contributed by atoms with Crippen molar-refractivity contribution in [3.63, 3.8) is 0 Å². The van der Waals surface area contributed by atoms with E-state index in [0.717, 1.165) is 67.0 Å². The number of likely N-dealkylation sites (N-methyl/N-ethyl adjacent to an activating group) is 1. The number of benzene rings is 1. The van der Waals surface area contributed by atoms with Gasteiger partial charge in [-0.2, -0.15) is 11.8 Å². The van der Waals surface area contributed by atoms with Gasteiger partial charge in [-0.3, -0.25) is 0 Å². The zero-order chi connectivity index (χ0) is 27.9. The topological polar surface area (TPSA) is 76.9 Å². The van der Waals surface area contributed by atoms with Crippen molar-refractivity contribution < 1.29 is 13.6 Å². The maximum Gasteiger partial charge on any atom is 0.314 e. The summed E-state index contributed by atoms with van der Waals surface area (Å²) in [5, 5.41) is 5.85. The number of thioether (sulfide) groups is 1. The van der Waals surface area contributed by atoms with Crippen LogP contribution in [-0.2, 0) is 18.8 Å². The summed E-state index contributed by atoms with van der Waals surface area (Å²) in [6.45, 7) is 5.16. The molecular formula is C29H41FN6O2S. The maximum absolute atomic E-state index is 13.3. The average molecular weight is 557 g/mol. The predicted octanol–water partition coefficient (Wildman–Crippen LogP) is 4.44. The number of pyridine rings is 1. The minimum absolute atomic E-state index is 0.134. The third kappa shape index (κ3) is 12.1. The molecule has 2 amide bonds. The Balaban J connectivity index is 1.27. The van der Waals surface area contributed by atoms with Gasteiger partial charge in [-0.25, -0.2) is 14.2 Å². The SMILES string of the molecule is CN(C)Cc1ccc(CSCCNC(=O)NCCCN(C)CCN(Cc2ccc(F)cc2)c2ccccn2)o1. The molecule has 212 valence electrons. The molecule has 0 bridgehead atoms. The van der Waals surface area contributed by atoms with Gasteiger partial charge in [0, 0.05) is 44.7 Å². The first kappa shape index (κ1) is 30.5. The van der Waals surface area contributed by atoms with E-state index in [1.54, 1.807) is 18.0 Å². The van der Waals surface area contributed by atoms with Crippen LogP contribution in [0.25, 0.3) is 0 Å². The van der Waals surface area contributed by atoms with E-state index in [0.29, 0.717) is 19.6 Å². The minimum Gasteiger partial charge on any atom is -0.464 e. The number of rotatable bonds is 17. The highest BCUT2D eigenvalue weighted by Crippen LogP contribution is 2.16. The van der Waals surface area contributed by atoms with Crippen molar-refractivity contribution in [2.75, 3.05) is 64.5 Å². The number of halogens is 1. The molecule has 0 aliphatic carbocycles. The molecule has 1 aromatic carbocycles. The van der Waals surface area contributed by atoms with E-state index < -0.39 is 0 Å². The van der Waals surface area contributed by atoms with E-state index >= 15 is 0 Å². The fraction of sp³-hybridized carbons (Fsp3) is 0.448. The van der Waals surface area contributed by atoms with Crippen molar-refractivity contribution in [3.8, 4) is 0 Å². The molecule has 0 atom stereocenters. The molecule has 0 spiro atoms. The van der Waals surface area contributed by atoms with E-state index in [1.807, 2.05) is 56.6 Å². The number of nitrogens with one attached hydrogen (secondary N) is 2. The molecule has 10 heteroatoms. The van der Waals surface area contributed by atoms with Gasteiger partial charge in [0.1, 0.15) is 23.2 Å². The van der Waals surface area contributed by atoms with Crippen molar-refractivity contribution in [1.82, 2.24) is 25.4 Å². The predicted molar refractivity (Wildman–Crippen MR) is 157 cm³/mol. The highest BCUT2D eigenvalue weighted by Gasteiger charge is 2.11. The Labute approximate surface area is 235 Å². The number of anilines is 1. The number of hydrogen-bond acceptors (Lipinski definition) is 7. The molecule has 0 saturated heterocycles. The Morgan fingerprint density at radius 3 is 2.44 bits per heavy atom. The van der Waals surface area contributed by atoms with Gasteiger partial charge in [-0.05, 0) is 76.1 Å². The van der Waals surface area contributed by atoms with Crippen molar-refractivity contribution in [2.45, 2.75) is 25.3 Å². The van der Waals surface area contributed by atoms with Crippen LogP contribution in [-0.4, -0.2) is 80.4 Å². The maximum atomic E-state index is 13.3. The Kier molecular flexibility index (Phi) is 13.1. The summed E-state index contributed by atoms with van der Waals surface area (Å²) in [6, 6.07) is 16.4. The molecule has 3 aromatic rings. The van der Waals surface area contributed by atoms with Crippen LogP contribution in [0.15, 0.2) is 65.2 Å². The lowest BCUT2D eigenvalue weighted by Crippen LogP contribution is -2.38. The summed E-state index contributed by atoms with van der Waals surface area (Å²) < 4.78 is 19.1. The highest BCUT2D eigenvalue weighted by atomic mass is 32.2. The first-order chi connectivity index (χ1) is 18.9. The third-order valence-corrected chi connectivity index (χ3v) is 6.96. The van der Waals surface area contributed by atoms with Gasteiger partial charge >= 0.3 is 6.03 Å². The van der Waals surface area contributed by atoms with E-state index in [-0.39, 0.29) is 11.8 Å². The van der Waals surface area contributed by atoms with E-state index in [1.165, 1.54) is 12.1 Å². The number of urea groups is 1. The molecule has 0 fully saturated rings. The number of nitrogens with zero attached hydrogens (tertiary/aromatic N) is 4. The summed E-state index contributed by atoms with van der Waals surface area (Å²) >= 11 is 1.74. The van der Waals surface area contributed by atoms with Gasteiger partial charge < -0.3 is 29.8 Å². The number of carbonyl (C=O) groups is 1. The molecule has 0 aliphatic rings. The van der Waals surface area contributed by atoms with Crippen LogP contribution in [0.5, 0.6) is 0 Å². The largest absolute Gasteiger partial charge is 0.464 e. The third-order valence-electron chi connectivity index (χ3n) is 5.98. The van der Waals surface area contributed by atoms with Gasteiger partial charge in [0.25, 0.3) is 0 Å². The summed E-state index contributed by atoms with van der Waals surface area (Å²) in [6.07, 6.45) is 2.64. The van der Waals surface area contributed by atoms with Crippen molar-refractivity contribution in [3.05, 3.63) is 83.7 Å². The number of furan rings is 1. The monoisotopic (exact) mass is 556 g/mol. The Hall–Kier alpha value is -3.08. The van der Waals surface area contributed by atoms with Crippen LogP contribution in [0.1, 0.15) is 23.5 Å². The van der Waals surface area contributed by atoms with Crippen molar-refractivity contribution in [1.29, 1.82) is 0 Å². The lowest BCUT2D eigenvalue weighted by molar-refractivity contribution is 0.240. The first-order valence-corrected chi connectivity index (χ1v) is 14.5. The number of hydrogen-bond donors (Lipinski definition) is 2. The van der Waals surface area contributed by atoms with Crippen LogP contribution < -0.4 is 15.5 Å². The van der Waals surface area contributed by atoms with E-state index in [9.17, 15) is 9.18 Å². The quantitative estimate of drug-likeness (QED) is 0.238. The molecule has 0 saturated carbocycles. The van der Waals surface area contributed by atoms with Crippen molar-refractivity contribution in [2.24, 2.45) is 0 Å². The van der Waals surface area contributed by atoms with Crippen LogP contribution in [0, 0.1) is 5.82 Å². The van der Waals surface area contributed by atoms with Gasteiger partial charge in [0.15, 0.2) is 0 Å². The van der Waals surface area contributed by atoms with Crippen LogP contribution in [0.4, 0.5) is 15.0 Å². The zero-order valence-electron chi connectivity index (χ0n) is 23.2. The molecule has 0 aliphatic heterocycles. The van der Waals surface area contributed by atoms with Crippen LogP contribution >= 0.6 is 11.8 Å². The fourth-order valence-corrected chi connectivity index (χ4v) is 4.70. The smallest absolute Gasteiger partial charge is 0.314 e. The van der Waals surface area contributed by atoms with Gasteiger partial charge in [-0.1, -0.05) is 18.2 Å². The Morgan fingerprint density at radius 1 is 0.923 bits per heavy atom. The molecule has 8 nitrogen and oxygen atoms in total. The minimum atomic E-state index is -0.233. The van der Waals surface area contributed by atoms with Gasteiger partial charge in [-0.15, -0.1) is 0 Å². The second-order valence-corrected chi connectivity index (χ2v) is 10.8. The van der Waals surface area contributed by atoms with Crippen LogP contribution in [0.2, 0.25) is 0 Å². The molecule has 2 N–H and O–H groups in total. The number of amides is 2. The molecule has 2 aromatic heterocycles. The van der Waals surface area contributed by atoms with Gasteiger partial charge in [0.2, 0.25) is 0 Å². The molecule has 3 rings (SSSR count). The second-order valence-electron chi connectivity index (χ2n) is 9.73. The molecular weight excluding hydrogens is 515 g/mol. The highest BCUT2D eigenvalue weighted by molar-refractivity contribution is 7.98. The second kappa shape index (κ2) is 16.8. The van der Waals surface area contributed by atoms with Gasteiger partial charge in [0.05, 0.1) is 12.3 Å². The molecule has 0 unspecified atom stereocenters.